The largest absolute Gasteiger partial charge is 0.377 e. The van der Waals surface area contributed by atoms with E-state index in [2.05, 4.69) is 26.7 Å². The molecule has 178 valence electrons. The Balaban J connectivity index is 1.49. The van der Waals surface area contributed by atoms with Crippen molar-refractivity contribution in [3.8, 4) is 11.3 Å². The van der Waals surface area contributed by atoms with Crippen LogP contribution in [-0.4, -0.2) is 90.4 Å². The summed E-state index contributed by atoms with van der Waals surface area (Å²) in [6.45, 7) is 4.93. The molecule has 2 aliphatic heterocycles. The quantitative estimate of drug-likeness (QED) is 0.654. The zero-order valence-corrected chi connectivity index (χ0v) is 20.0. The van der Waals surface area contributed by atoms with E-state index < -0.39 is 10.0 Å². The minimum atomic E-state index is -3.20. The molecule has 1 saturated carbocycles. The van der Waals surface area contributed by atoms with E-state index in [-0.39, 0.29) is 24.1 Å². The molecule has 0 spiro atoms. The number of sulfonamides is 1. The standard InChI is InChI=1S/C21H30N8O3S/c1-13-12-32-7-6-28(13)21-25-18(14-10-23-20(22)24-11-14)17-4-5-29(19(17)26-21)16-8-15(9-16)27(2)33(3,30)31/h10-11,13,15-16H,4-9,12H2,1-3H3,(H2,22,23,24)/t13-,15-,16-/m0/s1. The highest BCUT2D eigenvalue weighted by Gasteiger charge is 2.42. The molecule has 12 heteroatoms. The van der Waals surface area contributed by atoms with E-state index in [4.69, 9.17) is 20.4 Å². The first-order valence-corrected chi connectivity index (χ1v) is 13.1. The fourth-order valence-electron chi connectivity index (χ4n) is 4.86. The van der Waals surface area contributed by atoms with Crippen LogP contribution in [0.5, 0.6) is 0 Å². The van der Waals surface area contributed by atoms with Gasteiger partial charge in [0.25, 0.3) is 0 Å². The molecule has 2 aromatic rings. The molecular formula is C21H30N8O3S. The van der Waals surface area contributed by atoms with Gasteiger partial charge < -0.3 is 20.3 Å². The van der Waals surface area contributed by atoms with Crippen molar-refractivity contribution >= 4 is 27.7 Å². The highest BCUT2D eigenvalue weighted by Crippen LogP contribution is 2.41. The van der Waals surface area contributed by atoms with E-state index in [0.29, 0.717) is 19.2 Å². The number of nitrogens with two attached hydrogens (primary N) is 1. The van der Waals surface area contributed by atoms with Crippen LogP contribution in [0.2, 0.25) is 0 Å². The average molecular weight is 475 g/mol. The van der Waals surface area contributed by atoms with Gasteiger partial charge in [-0.2, -0.15) is 4.98 Å². The van der Waals surface area contributed by atoms with Gasteiger partial charge in [-0.15, -0.1) is 0 Å². The molecule has 0 unspecified atom stereocenters. The van der Waals surface area contributed by atoms with Gasteiger partial charge in [-0.25, -0.2) is 27.7 Å². The van der Waals surface area contributed by atoms with Crippen LogP contribution in [0.1, 0.15) is 25.3 Å². The Labute approximate surface area is 194 Å². The molecule has 1 aliphatic carbocycles. The Hall–Kier alpha value is -2.57. The molecule has 1 atom stereocenters. The Bertz CT molecular complexity index is 1140. The maximum atomic E-state index is 11.9. The highest BCUT2D eigenvalue weighted by molar-refractivity contribution is 7.88. The molecule has 3 aliphatic rings. The molecule has 2 fully saturated rings. The van der Waals surface area contributed by atoms with Gasteiger partial charge in [-0.05, 0) is 26.2 Å². The van der Waals surface area contributed by atoms with E-state index >= 15 is 0 Å². The maximum absolute atomic E-state index is 11.9. The van der Waals surface area contributed by atoms with Crippen molar-refractivity contribution < 1.29 is 13.2 Å². The Kier molecular flexibility index (Phi) is 5.61. The third kappa shape index (κ3) is 4.11. The molecule has 0 bridgehead atoms. The smallest absolute Gasteiger partial charge is 0.228 e. The molecule has 2 N–H and O–H groups in total. The second-order valence-electron chi connectivity index (χ2n) is 9.12. The van der Waals surface area contributed by atoms with E-state index in [9.17, 15) is 8.42 Å². The fourth-order valence-corrected chi connectivity index (χ4v) is 5.57. The van der Waals surface area contributed by atoms with Crippen LogP contribution < -0.4 is 15.5 Å². The average Bonchev–Trinajstić information content (AvgIpc) is 3.16. The van der Waals surface area contributed by atoms with Crippen LogP contribution in [-0.2, 0) is 21.2 Å². The summed E-state index contributed by atoms with van der Waals surface area (Å²) >= 11 is 0. The SMILES string of the molecule is C[C@H]1COCCN1c1nc(-c2cnc(N)nc2)c2c(n1)N([C@H]1C[C@H](N(C)S(C)(=O)=O)C1)CC2. The topological polar surface area (TPSA) is 131 Å². The third-order valence-electron chi connectivity index (χ3n) is 6.98. The number of nitrogens with zero attached hydrogens (tertiary/aromatic N) is 7. The van der Waals surface area contributed by atoms with Crippen LogP contribution in [0.4, 0.5) is 17.7 Å². The molecule has 11 nitrogen and oxygen atoms in total. The summed E-state index contributed by atoms with van der Waals surface area (Å²) in [6.07, 6.45) is 7.07. The van der Waals surface area contributed by atoms with Crippen molar-refractivity contribution in [2.75, 3.05) is 55.1 Å². The van der Waals surface area contributed by atoms with E-state index in [1.54, 1.807) is 19.4 Å². The van der Waals surface area contributed by atoms with Gasteiger partial charge in [-0.3, -0.25) is 0 Å². The van der Waals surface area contributed by atoms with Gasteiger partial charge in [0, 0.05) is 55.7 Å². The lowest BCUT2D eigenvalue weighted by Gasteiger charge is -2.45. The number of hydrogen-bond donors (Lipinski definition) is 1. The van der Waals surface area contributed by atoms with Crippen LogP contribution >= 0.6 is 0 Å². The third-order valence-corrected chi connectivity index (χ3v) is 8.33. The number of ether oxygens (including phenoxy) is 1. The monoisotopic (exact) mass is 474 g/mol. The predicted octanol–water partition coefficient (Wildman–Crippen LogP) is 0.526. The summed E-state index contributed by atoms with van der Waals surface area (Å²) in [7, 11) is -1.54. The zero-order valence-electron chi connectivity index (χ0n) is 19.2. The van der Waals surface area contributed by atoms with Crippen molar-refractivity contribution in [1.82, 2.24) is 24.2 Å². The molecule has 1 saturated heterocycles. The van der Waals surface area contributed by atoms with Gasteiger partial charge in [0.2, 0.25) is 21.9 Å². The minimum Gasteiger partial charge on any atom is -0.377 e. The normalized spacial score (nSPS) is 25.3. The van der Waals surface area contributed by atoms with Gasteiger partial charge in [0.05, 0.1) is 31.2 Å². The van der Waals surface area contributed by atoms with E-state index in [1.165, 1.54) is 10.6 Å². The molecule has 5 rings (SSSR count). The summed E-state index contributed by atoms with van der Waals surface area (Å²) in [5.74, 6) is 1.83. The number of hydrogen-bond acceptors (Lipinski definition) is 10. The summed E-state index contributed by atoms with van der Waals surface area (Å²) < 4.78 is 30.9. The lowest BCUT2D eigenvalue weighted by atomic mass is 9.86. The van der Waals surface area contributed by atoms with Gasteiger partial charge in [0.1, 0.15) is 5.82 Å². The number of morpholine rings is 1. The highest BCUT2D eigenvalue weighted by atomic mass is 32.2. The van der Waals surface area contributed by atoms with Crippen molar-refractivity contribution in [2.45, 2.75) is 44.3 Å². The fraction of sp³-hybridized carbons (Fsp3) is 0.619. The van der Waals surface area contributed by atoms with Crippen LogP contribution in [0, 0.1) is 0 Å². The van der Waals surface area contributed by atoms with Crippen molar-refractivity contribution in [3.05, 3.63) is 18.0 Å². The zero-order chi connectivity index (χ0) is 23.3. The molecular weight excluding hydrogens is 444 g/mol. The number of anilines is 3. The molecule has 0 amide bonds. The van der Waals surface area contributed by atoms with Gasteiger partial charge in [0.15, 0.2) is 0 Å². The van der Waals surface area contributed by atoms with Gasteiger partial charge in [-0.1, -0.05) is 0 Å². The minimum absolute atomic E-state index is 0.0274. The lowest BCUT2D eigenvalue weighted by Crippen LogP contribution is -2.54. The Morgan fingerprint density at radius 2 is 1.88 bits per heavy atom. The van der Waals surface area contributed by atoms with Crippen LogP contribution in [0.15, 0.2) is 12.4 Å². The van der Waals surface area contributed by atoms with Crippen LogP contribution in [0.3, 0.4) is 0 Å². The lowest BCUT2D eigenvalue weighted by molar-refractivity contribution is 0.0981. The van der Waals surface area contributed by atoms with E-state index in [1.807, 2.05) is 0 Å². The molecule has 33 heavy (non-hydrogen) atoms. The predicted molar refractivity (Wildman–Crippen MR) is 126 cm³/mol. The molecule has 2 aromatic heterocycles. The van der Waals surface area contributed by atoms with Crippen molar-refractivity contribution in [2.24, 2.45) is 0 Å². The van der Waals surface area contributed by atoms with Crippen molar-refractivity contribution in [3.63, 3.8) is 0 Å². The first-order chi connectivity index (χ1) is 15.7. The number of rotatable bonds is 5. The molecule has 0 aromatic carbocycles. The first kappa shape index (κ1) is 22.2. The maximum Gasteiger partial charge on any atom is 0.228 e. The molecule has 4 heterocycles. The number of nitrogen functional groups attached to an aromatic ring is 1. The Morgan fingerprint density at radius 1 is 1.15 bits per heavy atom. The summed E-state index contributed by atoms with van der Waals surface area (Å²) in [5, 5.41) is 0. The van der Waals surface area contributed by atoms with Crippen molar-refractivity contribution in [1.29, 1.82) is 0 Å². The number of aromatic nitrogens is 4. The second-order valence-corrected chi connectivity index (χ2v) is 11.2. The van der Waals surface area contributed by atoms with Gasteiger partial charge >= 0.3 is 0 Å². The Morgan fingerprint density at radius 3 is 2.55 bits per heavy atom. The molecule has 0 radical (unpaired) electrons. The summed E-state index contributed by atoms with van der Waals surface area (Å²) in [4.78, 5) is 22.8. The first-order valence-electron chi connectivity index (χ1n) is 11.2. The summed E-state index contributed by atoms with van der Waals surface area (Å²) in [5.41, 5.74) is 8.43. The summed E-state index contributed by atoms with van der Waals surface area (Å²) in [6, 6.07) is 0.444. The number of fused-ring (bicyclic) bond motifs is 1. The van der Waals surface area contributed by atoms with Crippen LogP contribution in [0.25, 0.3) is 11.3 Å². The van der Waals surface area contributed by atoms with E-state index in [0.717, 1.165) is 55.0 Å². The second kappa shape index (κ2) is 8.33.